The van der Waals surface area contributed by atoms with E-state index in [4.69, 9.17) is 20.8 Å². The summed E-state index contributed by atoms with van der Waals surface area (Å²) in [6, 6.07) is 12.2. The van der Waals surface area contributed by atoms with Gasteiger partial charge in [-0.3, -0.25) is 20.4 Å². The SMILES string of the molecule is Cc1cccc(O[C@@H](C)C(=O)NNC(=O)c2cc3cc(Cl)ccc3o2)c1C. The molecule has 6 nitrogen and oxygen atoms in total. The Labute approximate surface area is 161 Å². The molecule has 0 aliphatic rings. The number of halogens is 1. The van der Waals surface area contributed by atoms with Crippen LogP contribution in [-0.2, 0) is 4.79 Å². The van der Waals surface area contributed by atoms with Crippen LogP contribution >= 0.6 is 11.6 Å². The second-order valence-electron chi connectivity index (χ2n) is 6.19. The van der Waals surface area contributed by atoms with Gasteiger partial charge >= 0.3 is 5.91 Å². The first-order valence-electron chi connectivity index (χ1n) is 8.37. The van der Waals surface area contributed by atoms with Gasteiger partial charge in [0.15, 0.2) is 11.9 Å². The summed E-state index contributed by atoms with van der Waals surface area (Å²) < 4.78 is 11.1. The molecular weight excluding hydrogens is 368 g/mol. The predicted molar refractivity (Wildman–Crippen MR) is 103 cm³/mol. The van der Waals surface area contributed by atoms with Gasteiger partial charge in [0.05, 0.1) is 0 Å². The highest BCUT2D eigenvalue weighted by molar-refractivity contribution is 6.31. The largest absolute Gasteiger partial charge is 0.481 e. The first-order chi connectivity index (χ1) is 12.8. The lowest BCUT2D eigenvalue weighted by atomic mass is 10.1. The lowest BCUT2D eigenvalue weighted by Crippen LogP contribution is -2.47. The highest BCUT2D eigenvalue weighted by Crippen LogP contribution is 2.23. The Kier molecular flexibility index (Phi) is 5.37. The van der Waals surface area contributed by atoms with Crippen LogP contribution in [0.4, 0.5) is 0 Å². The molecule has 2 N–H and O–H groups in total. The van der Waals surface area contributed by atoms with Crippen molar-refractivity contribution < 1.29 is 18.7 Å². The molecule has 140 valence electrons. The van der Waals surface area contributed by atoms with Gasteiger partial charge in [-0.2, -0.15) is 0 Å². The molecule has 0 bridgehead atoms. The van der Waals surface area contributed by atoms with E-state index in [1.807, 2.05) is 26.0 Å². The number of rotatable bonds is 4. The van der Waals surface area contributed by atoms with Gasteiger partial charge in [0.25, 0.3) is 5.91 Å². The molecule has 3 rings (SSSR count). The minimum atomic E-state index is -0.791. The second-order valence-corrected chi connectivity index (χ2v) is 6.63. The molecule has 0 spiro atoms. The molecule has 2 amide bonds. The molecule has 0 unspecified atom stereocenters. The van der Waals surface area contributed by atoms with Crippen molar-refractivity contribution >= 4 is 34.4 Å². The number of carbonyl (C=O) groups excluding carboxylic acids is 2. The number of aryl methyl sites for hydroxylation is 1. The van der Waals surface area contributed by atoms with Crippen LogP contribution in [0.3, 0.4) is 0 Å². The van der Waals surface area contributed by atoms with Crippen molar-refractivity contribution in [1.82, 2.24) is 10.9 Å². The number of hydrazine groups is 1. The van der Waals surface area contributed by atoms with Crippen molar-refractivity contribution in [2.45, 2.75) is 26.9 Å². The summed E-state index contributed by atoms with van der Waals surface area (Å²) in [7, 11) is 0. The van der Waals surface area contributed by atoms with Gasteiger partial charge < -0.3 is 9.15 Å². The molecule has 3 aromatic rings. The normalized spacial score (nSPS) is 11.9. The number of benzene rings is 2. The number of carbonyl (C=O) groups is 2. The van der Waals surface area contributed by atoms with E-state index in [-0.39, 0.29) is 5.76 Å². The number of furan rings is 1. The summed E-state index contributed by atoms with van der Waals surface area (Å²) in [4.78, 5) is 24.4. The van der Waals surface area contributed by atoms with Crippen molar-refractivity contribution in [3.05, 3.63) is 64.4 Å². The van der Waals surface area contributed by atoms with Crippen LogP contribution in [0.2, 0.25) is 5.02 Å². The fourth-order valence-corrected chi connectivity index (χ4v) is 2.68. The highest BCUT2D eigenvalue weighted by atomic mass is 35.5. The topological polar surface area (TPSA) is 80.6 Å². The lowest BCUT2D eigenvalue weighted by molar-refractivity contribution is -0.128. The number of ether oxygens (including phenoxy) is 1. The summed E-state index contributed by atoms with van der Waals surface area (Å²) in [5, 5.41) is 1.24. The molecule has 7 heteroatoms. The maximum atomic E-state index is 12.2. The summed E-state index contributed by atoms with van der Waals surface area (Å²) in [5.74, 6) is -0.369. The van der Waals surface area contributed by atoms with Crippen LogP contribution in [0.5, 0.6) is 5.75 Å². The van der Waals surface area contributed by atoms with Crippen LogP contribution in [0, 0.1) is 13.8 Å². The monoisotopic (exact) mass is 386 g/mol. The van der Waals surface area contributed by atoms with Gasteiger partial charge in [-0.05, 0) is 62.2 Å². The molecule has 1 atom stereocenters. The molecule has 0 radical (unpaired) electrons. The van der Waals surface area contributed by atoms with Gasteiger partial charge in [-0.25, -0.2) is 0 Å². The van der Waals surface area contributed by atoms with E-state index < -0.39 is 17.9 Å². The summed E-state index contributed by atoms with van der Waals surface area (Å²) in [6.07, 6.45) is -0.791. The van der Waals surface area contributed by atoms with Gasteiger partial charge in [-0.1, -0.05) is 23.7 Å². The van der Waals surface area contributed by atoms with Gasteiger partial charge in [0.1, 0.15) is 11.3 Å². The van der Waals surface area contributed by atoms with Crippen molar-refractivity contribution in [2.75, 3.05) is 0 Å². The van der Waals surface area contributed by atoms with Crippen LogP contribution in [0.1, 0.15) is 28.6 Å². The molecule has 0 aliphatic carbocycles. The minimum Gasteiger partial charge on any atom is -0.481 e. The van der Waals surface area contributed by atoms with Crippen molar-refractivity contribution in [3.63, 3.8) is 0 Å². The highest BCUT2D eigenvalue weighted by Gasteiger charge is 2.18. The zero-order chi connectivity index (χ0) is 19.6. The Morgan fingerprint density at radius 2 is 1.89 bits per heavy atom. The fraction of sp³-hybridized carbons (Fsp3) is 0.200. The minimum absolute atomic E-state index is 0.0654. The zero-order valence-electron chi connectivity index (χ0n) is 15.1. The number of hydrogen-bond donors (Lipinski definition) is 2. The quantitative estimate of drug-likeness (QED) is 0.666. The van der Waals surface area contributed by atoms with E-state index in [1.165, 1.54) is 0 Å². The lowest BCUT2D eigenvalue weighted by Gasteiger charge is -2.17. The third kappa shape index (κ3) is 4.23. The average molecular weight is 387 g/mol. The van der Waals surface area contributed by atoms with E-state index in [0.29, 0.717) is 21.7 Å². The standard InChI is InChI=1S/C20H19ClN2O4/c1-11-5-4-6-16(12(11)2)26-13(3)19(24)22-23-20(25)18-10-14-9-15(21)7-8-17(14)27-18/h4-10,13H,1-3H3,(H,22,24)(H,23,25)/t13-/m0/s1. The summed E-state index contributed by atoms with van der Waals surface area (Å²) >= 11 is 5.92. The zero-order valence-corrected chi connectivity index (χ0v) is 15.9. The van der Waals surface area contributed by atoms with Crippen molar-refractivity contribution in [3.8, 4) is 5.75 Å². The fourth-order valence-electron chi connectivity index (χ4n) is 2.50. The van der Waals surface area contributed by atoms with Crippen LogP contribution < -0.4 is 15.6 Å². The third-order valence-electron chi connectivity index (χ3n) is 4.23. The Hall–Kier alpha value is -2.99. The Morgan fingerprint density at radius 1 is 1.11 bits per heavy atom. The molecule has 2 aromatic carbocycles. The average Bonchev–Trinajstić information content (AvgIpc) is 3.06. The van der Waals surface area contributed by atoms with Crippen LogP contribution in [0.15, 0.2) is 46.9 Å². The third-order valence-corrected chi connectivity index (χ3v) is 4.46. The molecule has 1 heterocycles. The van der Waals surface area contributed by atoms with Crippen LogP contribution in [0.25, 0.3) is 11.0 Å². The summed E-state index contributed by atoms with van der Waals surface area (Å²) in [5.41, 5.74) is 7.22. The second kappa shape index (κ2) is 7.72. The van der Waals surface area contributed by atoms with Crippen LogP contribution in [-0.4, -0.2) is 17.9 Å². The molecule has 1 aromatic heterocycles. The van der Waals surface area contributed by atoms with E-state index in [0.717, 1.165) is 11.1 Å². The number of fused-ring (bicyclic) bond motifs is 1. The summed E-state index contributed by atoms with van der Waals surface area (Å²) in [6.45, 7) is 5.49. The molecule has 0 saturated heterocycles. The molecule has 0 aliphatic heterocycles. The Bertz CT molecular complexity index is 1010. The molecule has 27 heavy (non-hydrogen) atoms. The number of hydrogen-bond acceptors (Lipinski definition) is 4. The first kappa shape index (κ1) is 18.8. The maximum Gasteiger partial charge on any atom is 0.305 e. The van der Waals surface area contributed by atoms with Crippen molar-refractivity contribution in [1.29, 1.82) is 0 Å². The van der Waals surface area contributed by atoms with Gasteiger partial charge in [0.2, 0.25) is 0 Å². The van der Waals surface area contributed by atoms with E-state index in [2.05, 4.69) is 10.9 Å². The Balaban J connectivity index is 1.60. The van der Waals surface area contributed by atoms with Crippen molar-refractivity contribution in [2.24, 2.45) is 0 Å². The van der Waals surface area contributed by atoms with Gasteiger partial charge in [-0.15, -0.1) is 0 Å². The van der Waals surface area contributed by atoms with E-state index in [9.17, 15) is 9.59 Å². The maximum absolute atomic E-state index is 12.2. The molecule has 0 saturated carbocycles. The first-order valence-corrected chi connectivity index (χ1v) is 8.75. The number of nitrogens with one attached hydrogen (secondary N) is 2. The van der Waals surface area contributed by atoms with E-state index >= 15 is 0 Å². The molecular formula is C20H19ClN2O4. The molecule has 0 fully saturated rings. The predicted octanol–water partition coefficient (Wildman–Crippen LogP) is 3.93. The Morgan fingerprint density at radius 3 is 2.67 bits per heavy atom. The van der Waals surface area contributed by atoms with Gasteiger partial charge in [0, 0.05) is 10.4 Å². The van der Waals surface area contributed by atoms with E-state index in [1.54, 1.807) is 37.3 Å². The smallest absolute Gasteiger partial charge is 0.305 e. The number of amides is 2.